The summed E-state index contributed by atoms with van der Waals surface area (Å²) < 4.78 is 10.3. The van der Waals surface area contributed by atoms with Crippen LogP contribution in [0, 0.1) is 0 Å². The minimum Gasteiger partial charge on any atom is -0.497 e. The molecule has 1 aromatic heterocycles. The fourth-order valence-electron chi connectivity index (χ4n) is 2.25. The predicted octanol–water partition coefficient (Wildman–Crippen LogP) is 4.01. The van der Waals surface area contributed by atoms with Crippen LogP contribution in [0.5, 0.6) is 5.75 Å². The van der Waals surface area contributed by atoms with Gasteiger partial charge in [-0.1, -0.05) is 0 Å². The summed E-state index contributed by atoms with van der Waals surface area (Å²) in [5, 5.41) is 4.67. The molecular formula is C18H18N2O3S2. The summed E-state index contributed by atoms with van der Waals surface area (Å²) in [6, 6.07) is 9.42. The Hall–Kier alpha value is -2.09. The zero-order valence-electron chi connectivity index (χ0n) is 14.0. The highest BCUT2D eigenvalue weighted by atomic mass is 32.2. The molecule has 0 radical (unpaired) electrons. The number of thioether (sulfide) groups is 1. The first-order chi connectivity index (χ1) is 12.2. The Bertz CT molecular complexity index is 783. The van der Waals surface area contributed by atoms with Crippen LogP contribution in [0.15, 0.2) is 51.0 Å². The van der Waals surface area contributed by atoms with Crippen LogP contribution in [0.1, 0.15) is 5.56 Å². The number of rotatable bonds is 6. The molecule has 130 valence electrons. The molecule has 2 aromatic rings. The number of nitrogens with zero attached hydrogens (tertiary/aromatic N) is 2. The van der Waals surface area contributed by atoms with Crippen LogP contribution in [0.2, 0.25) is 0 Å². The molecule has 0 N–H and O–H groups in total. The van der Waals surface area contributed by atoms with E-state index in [-0.39, 0.29) is 5.91 Å². The fourth-order valence-corrected chi connectivity index (χ4v) is 3.89. The number of aliphatic imine (C=N–C) groups is 1. The van der Waals surface area contributed by atoms with E-state index in [1.54, 1.807) is 30.5 Å². The van der Waals surface area contributed by atoms with E-state index >= 15 is 0 Å². The standard InChI is InChI=1S/C18H18N2O3S2/c1-22-9-8-20-17(21)16(11-13-7-10-24-12-13)25-18(20)19-14-3-5-15(23-2)6-4-14/h3-7,10-12H,8-9H2,1-2H3. The highest BCUT2D eigenvalue weighted by Gasteiger charge is 2.33. The van der Waals surface area contributed by atoms with E-state index in [0.717, 1.165) is 17.0 Å². The third-order valence-electron chi connectivity index (χ3n) is 3.55. The van der Waals surface area contributed by atoms with E-state index in [2.05, 4.69) is 4.99 Å². The number of thiophene rings is 1. The van der Waals surface area contributed by atoms with Crippen LogP contribution in [-0.4, -0.2) is 43.3 Å². The van der Waals surface area contributed by atoms with Gasteiger partial charge in [0, 0.05) is 7.11 Å². The molecule has 5 nitrogen and oxygen atoms in total. The zero-order chi connectivity index (χ0) is 17.6. The molecule has 0 spiro atoms. The van der Waals surface area contributed by atoms with Crippen molar-refractivity contribution in [3.63, 3.8) is 0 Å². The molecule has 0 aliphatic carbocycles. The second kappa shape index (κ2) is 8.33. The van der Waals surface area contributed by atoms with E-state index in [4.69, 9.17) is 9.47 Å². The van der Waals surface area contributed by atoms with Crippen molar-refractivity contribution in [3.05, 3.63) is 51.6 Å². The number of hydrogen-bond donors (Lipinski definition) is 0. The molecule has 7 heteroatoms. The Morgan fingerprint density at radius 2 is 2.00 bits per heavy atom. The van der Waals surface area contributed by atoms with E-state index in [0.29, 0.717) is 23.2 Å². The topological polar surface area (TPSA) is 51.1 Å². The zero-order valence-corrected chi connectivity index (χ0v) is 15.6. The lowest BCUT2D eigenvalue weighted by Crippen LogP contribution is -2.32. The lowest BCUT2D eigenvalue weighted by molar-refractivity contribution is -0.122. The number of amides is 1. The van der Waals surface area contributed by atoms with E-state index in [9.17, 15) is 4.79 Å². The van der Waals surface area contributed by atoms with Crippen molar-refractivity contribution in [2.24, 2.45) is 4.99 Å². The van der Waals surface area contributed by atoms with Crippen molar-refractivity contribution in [3.8, 4) is 5.75 Å². The molecule has 1 aliphatic rings. The van der Waals surface area contributed by atoms with Crippen LogP contribution < -0.4 is 4.74 Å². The summed E-state index contributed by atoms with van der Waals surface area (Å²) in [7, 11) is 3.25. The molecule has 0 unspecified atom stereocenters. The first-order valence-electron chi connectivity index (χ1n) is 7.66. The fraction of sp³-hybridized carbons (Fsp3) is 0.222. The van der Waals surface area contributed by atoms with Crippen molar-refractivity contribution in [1.29, 1.82) is 0 Å². The summed E-state index contributed by atoms with van der Waals surface area (Å²) in [6.45, 7) is 0.929. The predicted molar refractivity (Wildman–Crippen MR) is 104 cm³/mol. The molecule has 25 heavy (non-hydrogen) atoms. The molecule has 3 rings (SSSR count). The minimum absolute atomic E-state index is 0.0412. The van der Waals surface area contributed by atoms with Crippen molar-refractivity contribution < 1.29 is 14.3 Å². The van der Waals surface area contributed by atoms with Gasteiger partial charge in [-0.05, 0) is 64.5 Å². The van der Waals surface area contributed by atoms with Gasteiger partial charge in [0.1, 0.15) is 5.75 Å². The number of methoxy groups -OCH3 is 2. The van der Waals surface area contributed by atoms with Crippen LogP contribution in [0.3, 0.4) is 0 Å². The van der Waals surface area contributed by atoms with Crippen molar-refractivity contribution in [2.45, 2.75) is 0 Å². The monoisotopic (exact) mass is 374 g/mol. The molecule has 0 atom stereocenters. The smallest absolute Gasteiger partial charge is 0.266 e. The highest BCUT2D eigenvalue weighted by Crippen LogP contribution is 2.34. The average Bonchev–Trinajstić information content (AvgIpc) is 3.24. The molecule has 1 amide bonds. The van der Waals surface area contributed by atoms with E-state index < -0.39 is 0 Å². The van der Waals surface area contributed by atoms with Gasteiger partial charge >= 0.3 is 0 Å². The Balaban J connectivity index is 1.88. The van der Waals surface area contributed by atoms with Crippen LogP contribution in [0.25, 0.3) is 6.08 Å². The molecule has 1 aromatic carbocycles. The molecule has 1 saturated heterocycles. The van der Waals surface area contributed by atoms with Gasteiger partial charge in [0.25, 0.3) is 5.91 Å². The summed E-state index contributed by atoms with van der Waals surface area (Å²) in [6.07, 6.45) is 1.90. The number of amidine groups is 1. The van der Waals surface area contributed by atoms with Crippen LogP contribution in [-0.2, 0) is 9.53 Å². The first kappa shape index (κ1) is 17.7. The van der Waals surface area contributed by atoms with Gasteiger partial charge in [0.2, 0.25) is 0 Å². The maximum absolute atomic E-state index is 12.7. The quantitative estimate of drug-likeness (QED) is 0.717. The largest absolute Gasteiger partial charge is 0.497 e. The second-order valence-electron chi connectivity index (χ2n) is 5.21. The Labute approximate surface area is 155 Å². The van der Waals surface area contributed by atoms with Crippen LogP contribution >= 0.6 is 23.1 Å². The summed E-state index contributed by atoms with van der Waals surface area (Å²) in [5.41, 5.74) is 1.80. The molecule has 0 bridgehead atoms. The van der Waals surface area contributed by atoms with Crippen LogP contribution in [0.4, 0.5) is 5.69 Å². The summed E-state index contributed by atoms with van der Waals surface area (Å²) in [5.74, 6) is 0.730. The van der Waals surface area contributed by atoms with Gasteiger partial charge in [-0.2, -0.15) is 11.3 Å². The summed E-state index contributed by atoms with van der Waals surface area (Å²) in [4.78, 5) is 19.7. The molecule has 1 fully saturated rings. The number of carbonyl (C=O) groups excluding carboxylic acids is 1. The van der Waals surface area contributed by atoms with Gasteiger partial charge in [-0.3, -0.25) is 9.69 Å². The lowest BCUT2D eigenvalue weighted by Gasteiger charge is -2.14. The maximum Gasteiger partial charge on any atom is 0.266 e. The molecule has 2 heterocycles. The number of hydrogen-bond acceptors (Lipinski definition) is 6. The lowest BCUT2D eigenvalue weighted by atomic mass is 10.3. The van der Waals surface area contributed by atoms with Crippen molar-refractivity contribution >= 4 is 45.9 Å². The van der Waals surface area contributed by atoms with Gasteiger partial charge in [-0.25, -0.2) is 4.99 Å². The minimum atomic E-state index is -0.0412. The highest BCUT2D eigenvalue weighted by molar-refractivity contribution is 8.18. The van der Waals surface area contributed by atoms with E-state index in [1.807, 2.05) is 47.2 Å². The third-order valence-corrected chi connectivity index (χ3v) is 5.25. The average molecular weight is 374 g/mol. The first-order valence-corrected chi connectivity index (χ1v) is 9.42. The van der Waals surface area contributed by atoms with Gasteiger partial charge in [-0.15, -0.1) is 0 Å². The normalized spacial score (nSPS) is 17.7. The Morgan fingerprint density at radius 1 is 1.20 bits per heavy atom. The van der Waals surface area contributed by atoms with Gasteiger partial charge in [0.15, 0.2) is 5.17 Å². The van der Waals surface area contributed by atoms with Crippen molar-refractivity contribution in [1.82, 2.24) is 4.90 Å². The molecular weight excluding hydrogens is 356 g/mol. The van der Waals surface area contributed by atoms with Gasteiger partial charge < -0.3 is 9.47 Å². The Kier molecular flexibility index (Phi) is 5.91. The SMILES string of the molecule is COCCN1C(=O)C(=Cc2ccsc2)SC1=Nc1ccc(OC)cc1. The van der Waals surface area contributed by atoms with Crippen molar-refractivity contribution in [2.75, 3.05) is 27.4 Å². The summed E-state index contributed by atoms with van der Waals surface area (Å²) >= 11 is 2.99. The maximum atomic E-state index is 12.7. The number of ether oxygens (including phenoxy) is 2. The van der Waals surface area contributed by atoms with E-state index in [1.165, 1.54) is 11.8 Å². The molecule has 0 saturated carbocycles. The molecule has 1 aliphatic heterocycles. The third kappa shape index (κ3) is 4.31. The number of benzene rings is 1. The Morgan fingerprint density at radius 3 is 2.64 bits per heavy atom. The van der Waals surface area contributed by atoms with Gasteiger partial charge in [0.05, 0.1) is 30.9 Å². The number of carbonyl (C=O) groups is 1. The second-order valence-corrected chi connectivity index (χ2v) is 7.00.